The van der Waals surface area contributed by atoms with Crippen molar-refractivity contribution in [2.45, 2.75) is 26.7 Å². The molecule has 2 amide bonds. The van der Waals surface area contributed by atoms with Crippen LogP contribution in [0.25, 0.3) is 0 Å². The molecule has 0 fully saturated rings. The molecule has 0 saturated carbocycles. The molecule has 0 bridgehead atoms. The van der Waals surface area contributed by atoms with Crippen molar-refractivity contribution < 1.29 is 14.3 Å². The lowest BCUT2D eigenvalue weighted by Crippen LogP contribution is -2.38. The van der Waals surface area contributed by atoms with Gasteiger partial charge in [0.2, 0.25) is 0 Å². The number of rotatable bonds is 7. The van der Waals surface area contributed by atoms with Crippen molar-refractivity contribution >= 4 is 18.0 Å². The van der Waals surface area contributed by atoms with Crippen molar-refractivity contribution in [2.24, 2.45) is 5.10 Å². The number of para-hydroxylation sites is 1. The molecule has 0 unspecified atom stereocenters. The van der Waals surface area contributed by atoms with Crippen LogP contribution in [0.2, 0.25) is 0 Å². The van der Waals surface area contributed by atoms with Crippen LogP contribution in [0.15, 0.2) is 29.4 Å². The van der Waals surface area contributed by atoms with Gasteiger partial charge in [-0.2, -0.15) is 5.10 Å². The molecule has 0 spiro atoms. The lowest BCUT2D eigenvalue weighted by molar-refractivity contribution is -0.139. The van der Waals surface area contributed by atoms with Crippen molar-refractivity contribution in [3.63, 3.8) is 0 Å². The van der Waals surface area contributed by atoms with Gasteiger partial charge < -0.3 is 10.1 Å². The summed E-state index contributed by atoms with van der Waals surface area (Å²) in [6.07, 6.45) is 3.24. The van der Waals surface area contributed by atoms with E-state index in [1.54, 1.807) is 0 Å². The second kappa shape index (κ2) is 9.52. The topological polar surface area (TPSA) is 79.8 Å². The van der Waals surface area contributed by atoms with Gasteiger partial charge in [0.1, 0.15) is 5.75 Å². The minimum atomic E-state index is -0.781. The molecule has 0 aliphatic rings. The smallest absolute Gasteiger partial charge is 0.329 e. The quantitative estimate of drug-likeness (QED) is 0.345. The van der Waals surface area contributed by atoms with E-state index in [0.717, 1.165) is 18.4 Å². The Balaban J connectivity index is 2.50. The van der Waals surface area contributed by atoms with E-state index in [9.17, 15) is 9.59 Å². The van der Waals surface area contributed by atoms with Crippen LogP contribution >= 0.6 is 0 Å². The summed E-state index contributed by atoms with van der Waals surface area (Å²) in [5, 5.41) is 6.28. The monoisotopic (exact) mass is 291 g/mol. The maximum atomic E-state index is 11.5. The summed E-state index contributed by atoms with van der Waals surface area (Å²) in [5.74, 6) is -0.791. The lowest BCUT2D eigenvalue weighted by Gasteiger charge is -2.06. The fraction of sp³-hybridized carbons (Fsp3) is 0.400. The van der Waals surface area contributed by atoms with Gasteiger partial charge >= 0.3 is 11.8 Å². The standard InChI is InChI=1S/C15H21N3O3/c1-3-5-10-16-14(19)15(20)18-17-11-12-8-6-7-9-13(12)21-4-2/h6-9,11H,3-5,10H2,1-2H3,(H,16,19)(H,18,20)/b17-11-. The molecule has 6 heteroatoms. The van der Waals surface area contributed by atoms with E-state index in [4.69, 9.17) is 4.74 Å². The molecule has 0 radical (unpaired) electrons. The maximum Gasteiger partial charge on any atom is 0.329 e. The molecular weight excluding hydrogens is 270 g/mol. The predicted molar refractivity (Wildman–Crippen MR) is 81.3 cm³/mol. The Morgan fingerprint density at radius 1 is 1.24 bits per heavy atom. The number of hydrogen-bond acceptors (Lipinski definition) is 4. The minimum absolute atomic E-state index is 0.486. The maximum absolute atomic E-state index is 11.5. The van der Waals surface area contributed by atoms with Crippen LogP contribution in [0, 0.1) is 0 Å². The van der Waals surface area contributed by atoms with Crippen LogP contribution in [0.5, 0.6) is 5.75 Å². The highest BCUT2D eigenvalue weighted by Crippen LogP contribution is 2.15. The molecule has 0 aromatic heterocycles. The Kier molecular flexibility index (Phi) is 7.56. The average Bonchev–Trinajstić information content (AvgIpc) is 2.49. The summed E-state index contributed by atoms with van der Waals surface area (Å²) in [4.78, 5) is 22.9. The van der Waals surface area contributed by atoms with E-state index in [0.29, 0.717) is 18.9 Å². The van der Waals surface area contributed by atoms with Crippen LogP contribution in [-0.4, -0.2) is 31.2 Å². The van der Waals surface area contributed by atoms with Gasteiger partial charge in [0.25, 0.3) is 0 Å². The highest BCUT2D eigenvalue weighted by molar-refractivity contribution is 6.35. The van der Waals surface area contributed by atoms with Gasteiger partial charge in [-0.25, -0.2) is 5.43 Å². The molecule has 0 heterocycles. The Morgan fingerprint density at radius 3 is 2.71 bits per heavy atom. The number of nitrogens with zero attached hydrogens (tertiary/aromatic N) is 1. The zero-order valence-electron chi connectivity index (χ0n) is 12.4. The fourth-order valence-corrected chi connectivity index (χ4v) is 1.54. The fourth-order valence-electron chi connectivity index (χ4n) is 1.54. The summed E-state index contributed by atoms with van der Waals surface area (Å²) in [6.45, 7) is 4.92. The lowest BCUT2D eigenvalue weighted by atomic mass is 10.2. The zero-order chi connectivity index (χ0) is 15.5. The Bertz CT molecular complexity index is 501. The van der Waals surface area contributed by atoms with Crippen molar-refractivity contribution in [3.05, 3.63) is 29.8 Å². The van der Waals surface area contributed by atoms with E-state index in [1.807, 2.05) is 38.1 Å². The van der Waals surface area contributed by atoms with Crippen molar-refractivity contribution in [3.8, 4) is 5.75 Å². The Morgan fingerprint density at radius 2 is 2.00 bits per heavy atom. The van der Waals surface area contributed by atoms with Gasteiger partial charge in [0.05, 0.1) is 12.8 Å². The highest BCUT2D eigenvalue weighted by Gasteiger charge is 2.11. The first-order valence-corrected chi connectivity index (χ1v) is 7.02. The first-order valence-electron chi connectivity index (χ1n) is 7.02. The van der Waals surface area contributed by atoms with Crippen LogP contribution in [0.4, 0.5) is 0 Å². The van der Waals surface area contributed by atoms with E-state index >= 15 is 0 Å². The number of nitrogens with one attached hydrogen (secondary N) is 2. The van der Waals surface area contributed by atoms with Crippen LogP contribution < -0.4 is 15.5 Å². The van der Waals surface area contributed by atoms with Gasteiger partial charge in [-0.3, -0.25) is 9.59 Å². The SMILES string of the molecule is CCCCNC(=O)C(=O)N/N=C\c1ccccc1OCC. The third-order valence-corrected chi connectivity index (χ3v) is 2.61. The van der Waals surface area contributed by atoms with Crippen LogP contribution in [-0.2, 0) is 9.59 Å². The Hall–Kier alpha value is -2.37. The summed E-state index contributed by atoms with van der Waals surface area (Å²) in [6, 6.07) is 7.30. The molecule has 6 nitrogen and oxygen atoms in total. The van der Waals surface area contributed by atoms with Crippen molar-refractivity contribution in [2.75, 3.05) is 13.2 Å². The Labute approximate surface area is 124 Å². The zero-order valence-corrected chi connectivity index (χ0v) is 12.4. The molecule has 1 rings (SSSR count). The van der Waals surface area contributed by atoms with E-state index in [1.165, 1.54) is 6.21 Å². The molecule has 21 heavy (non-hydrogen) atoms. The number of ether oxygens (including phenoxy) is 1. The molecule has 0 aliphatic carbocycles. The molecule has 2 N–H and O–H groups in total. The van der Waals surface area contributed by atoms with E-state index in [-0.39, 0.29) is 0 Å². The number of unbranched alkanes of at least 4 members (excludes halogenated alkanes) is 1. The van der Waals surface area contributed by atoms with Gasteiger partial charge in [-0.15, -0.1) is 0 Å². The van der Waals surface area contributed by atoms with Gasteiger partial charge in [-0.1, -0.05) is 25.5 Å². The van der Waals surface area contributed by atoms with E-state index in [2.05, 4.69) is 15.8 Å². The third-order valence-electron chi connectivity index (χ3n) is 2.61. The molecule has 0 saturated heterocycles. The van der Waals surface area contributed by atoms with Gasteiger partial charge in [0.15, 0.2) is 0 Å². The molecule has 1 aromatic rings. The number of hydrazone groups is 1. The summed E-state index contributed by atoms with van der Waals surface area (Å²) < 4.78 is 5.42. The van der Waals surface area contributed by atoms with Crippen molar-refractivity contribution in [1.82, 2.24) is 10.7 Å². The number of carbonyl (C=O) groups is 2. The van der Waals surface area contributed by atoms with Gasteiger partial charge in [-0.05, 0) is 25.5 Å². The first kappa shape index (κ1) is 16.7. The molecule has 0 atom stereocenters. The third kappa shape index (κ3) is 6.07. The van der Waals surface area contributed by atoms with Crippen molar-refractivity contribution in [1.29, 1.82) is 0 Å². The highest BCUT2D eigenvalue weighted by atomic mass is 16.5. The molecule has 114 valence electrons. The van der Waals surface area contributed by atoms with E-state index < -0.39 is 11.8 Å². The number of benzene rings is 1. The molecule has 0 aliphatic heterocycles. The van der Waals surface area contributed by atoms with Crippen LogP contribution in [0.3, 0.4) is 0 Å². The average molecular weight is 291 g/mol. The second-order valence-corrected chi connectivity index (χ2v) is 4.28. The molecular formula is C15H21N3O3. The number of carbonyl (C=O) groups excluding carboxylic acids is 2. The number of hydrogen-bond donors (Lipinski definition) is 2. The summed E-state index contributed by atoms with van der Waals surface area (Å²) >= 11 is 0. The first-order chi connectivity index (χ1) is 10.2. The van der Waals surface area contributed by atoms with Crippen LogP contribution in [0.1, 0.15) is 32.3 Å². The summed E-state index contributed by atoms with van der Waals surface area (Å²) in [7, 11) is 0. The van der Waals surface area contributed by atoms with Gasteiger partial charge in [0, 0.05) is 12.1 Å². The predicted octanol–water partition coefficient (Wildman–Crippen LogP) is 1.45. The summed E-state index contributed by atoms with van der Waals surface area (Å²) in [5.41, 5.74) is 2.92. The number of amides is 2. The molecule has 1 aromatic carbocycles. The second-order valence-electron chi connectivity index (χ2n) is 4.28. The minimum Gasteiger partial charge on any atom is -0.493 e. The normalized spacial score (nSPS) is 10.4. The largest absolute Gasteiger partial charge is 0.493 e.